The number of carbonyl (C=O) groups excluding carboxylic acids is 2. The summed E-state index contributed by atoms with van der Waals surface area (Å²) < 4.78 is 2.85. The Hall–Kier alpha value is -1.84. The van der Waals surface area contributed by atoms with Crippen LogP contribution in [0, 0.1) is 0 Å². The molecule has 0 radical (unpaired) electrons. The van der Waals surface area contributed by atoms with Gasteiger partial charge in [0.25, 0.3) is 0 Å². The highest BCUT2D eigenvalue weighted by atomic mass is 35.5. The number of hydrogen-bond donors (Lipinski definition) is 0. The van der Waals surface area contributed by atoms with Crippen LogP contribution in [0.25, 0.3) is 0 Å². The smallest absolute Gasteiger partial charge is 0.242 e. The molecule has 0 atom stereocenters. The second-order valence-corrected chi connectivity index (χ2v) is 5.65. The van der Waals surface area contributed by atoms with Crippen molar-refractivity contribution in [3.8, 4) is 5.75 Å². The number of methoxy groups -OCH3 is 1. The van der Waals surface area contributed by atoms with E-state index in [4.69, 9.17) is 27.9 Å². The topological polar surface area (TPSA) is 43.4 Å². The van der Waals surface area contributed by atoms with Crippen molar-refractivity contribution in [3.05, 3.63) is 65.7 Å². The number of ketones is 2. The van der Waals surface area contributed by atoms with E-state index in [0.717, 1.165) is 0 Å². The van der Waals surface area contributed by atoms with Crippen molar-refractivity contribution in [2.75, 3.05) is 7.11 Å². The van der Waals surface area contributed by atoms with Gasteiger partial charge in [0.15, 0.2) is 0 Å². The molecule has 108 valence electrons. The lowest BCUT2D eigenvalue weighted by Crippen LogP contribution is -2.35. The van der Waals surface area contributed by atoms with E-state index >= 15 is 0 Å². The molecule has 0 spiro atoms. The summed E-state index contributed by atoms with van der Waals surface area (Å²) in [7, 11) is 1.52. The molecular weight excluding hydrogens is 311 g/mol. The zero-order valence-corrected chi connectivity index (χ0v) is 12.7. The highest BCUT2D eigenvalue weighted by Crippen LogP contribution is 2.31. The molecule has 0 heterocycles. The van der Waals surface area contributed by atoms with Gasteiger partial charge < -0.3 is 4.74 Å². The molecule has 0 saturated carbocycles. The Morgan fingerprint density at radius 3 is 1.81 bits per heavy atom. The molecule has 21 heavy (non-hydrogen) atoms. The van der Waals surface area contributed by atoms with Gasteiger partial charge in [0.05, 0.1) is 7.11 Å². The minimum atomic E-state index is -2.16. The number of alkyl halides is 2. The van der Waals surface area contributed by atoms with Gasteiger partial charge in [-0.25, -0.2) is 0 Å². The fourth-order valence-electron chi connectivity index (χ4n) is 1.80. The van der Waals surface area contributed by atoms with E-state index < -0.39 is 15.9 Å². The quantitative estimate of drug-likeness (QED) is 0.476. The van der Waals surface area contributed by atoms with Gasteiger partial charge >= 0.3 is 0 Å². The van der Waals surface area contributed by atoms with Crippen LogP contribution in [0.4, 0.5) is 0 Å². The summed E-state index contributed by atoms with van der Waals surface area (Å²) >= 11 is 12.0. The van der Waals surface area contributed by atoms with E-state index in [2.05, 4.69) is 0 Å². The first-order valence-electron chi connectivity index (χ1n) is 6.13. The average Bonchev–Trinajstić information content (AvgIpc) is 2.54. The minimum absolute atomic E-state index is 0.241. The van der Waals surface area contributed by atoms with E-state index in [0.29, 0.717) is 5.75 Å². The lowest BCUT2D eigenvalue weighted by Gasteiger charge is -2.17. The normalized spacial score (nSPS) is 11.0. The van der Waals surface area contributed by atoms with Gasteiger partial charge in [-0.1, -0.05) is 53.5 Å². The summed E-state index contributed by atoms with van der Waals surface area (Å²) in [6.07, 6.45) is 0. The highest BCUT2D eigenvalue weighted by molar-refractivity contribution is 6.70. The van der Waals surface area contributed by atoms with E-state index in [1.807, 2.05) is 0 Å². The number of benzene rings is 2. The summed E-state index contributed by atoms with van der Waals surface area (Å²) in [4.78, 5) is 24.7. The Balaban J connectivity index is 2.29. The lowest BCUT2D eigenvalue weighted by molar-refractivity contribution is 0.0879. The van der Waals surface area contributed by atoms with Crippen molar-refractivity contribution >= 4 is 34.8 Å². The summed E-state index contributed by atoms with van der Waals surface area (Å²) in [6, 6.07) is 14.5. The minimum Gasteiger partial charge on any atom is -0.497 e. The zero-order valence-electron chi connectivity index (χ0n) is 11.2. The molecule has 0 N–H and O–H groups in total. The molecule has 5 heteroatoms. The summed E-state index contributed by atoms with van der Waals surface area (Å²) in [5.41, 5.74) is 0.523. The van der Waals surface area contributed by atoms with Crippen LogP contribution in [0.5, 0.6) is 5.75 Å². The van der Waals surface area contributed by atoms with Crippen LogP contribution in [0.15, 0.2) is 54.6 Å². The van der Waals surface area contributed by atoms with Crippen LogP contribution >= 0.6 is 23.2 Å². The van der Waals surface area contributed by atoms with Gasteiger partial charge in [-0.05, 0) is 24.3 Å². The Morgan fingerprint density at radius 1 is 0.857 bits per heavy atom. The van der Waals surface area contributed by atoms with Crippen molar-refractivity contribution in [1.82, 2.24) is 0 Å². The molecule has 2 aromatic rings. The predicted octanol–water partition coefficient (Wildman–Crippen LogP) is 3.93. The monoisotopic (exact) mass is 322 g/mol. The fraction of sp³-hybridized carbons (Fsp3) is 0.125. The molecular formula is C16H12Cl2O3. The largest absolute Gasteiger partial charge is 0.497 e. The number of rotatable bonds is 5. The third-order valence-electron chi connectivity index (χ3n) is 2.96. The number of hydrogen-bond acceptors (Lipinski definition) is 3. The van der Waals surface area contributed by atoms with Gasteiger partial charge in [0.2, 0.25) is 15.9 Å². The molecule has 0 aliphatic rings. The zero-order chi connectivity index (χ0) is 15.5. The molecule has 2 aromatic carbocycles. The third kappa shape index (κ3) is 3.26. The van der Waals surface area contributed by atoms with Crippen LogP contribution in [0.3, 0.4) is 0 Å². The molecule has 3 nitrogen and oxygen atoms in total. The van der Waals surface area contributed by atoms with E-state index in [-0.39, 0.29) is 11.1 Å². The van der Waals surface area contributed by atoms with E-state index in [1.54, 1.807) is 42.5 Å². The van der Waals surface area contributed by atoms with E-state index in [9.17, 15) is 9.59 Å². The Bertz CT molecular complexity index is 649. The maximum Gasteiger partial charge on any atom is 0.242 e. The lowest BCUT2D eigenvalue weighted by atomic mass is 10.0. The maximum atomic E-state index is 12.4. The molecule has 0 bridgehead atoms. The number of carbonyl (C=O) groups is 2. The Morgan fingerprint density at radius 2 is 1.33 bits per heavy atom. The first-order valence-corrected chi connectivity index (χ1v) is 6.89. The number of Topliss-reactive ketones (excluding diaryl/α,β-unsaturated/α-hetero) is 2. The maximum absolute atomic E-state index is 12.4. The number of halogens is 2. The summed E-state index contributed by atoms with van der Waals surface area (Å²) in [6.45, 7) is 0. The van der Waals surface area contributed by atoms with Crippen molar-refractivity contribution in [2.24, 2.45) is 0 Å². The van der Waals surface area contributed by atoms with Crippen LogP contribution in [0.2, 0.25) is 0 Å². The van der Waals surface area contributed by atoms with Crippen molar-refractivity contribution < 1.29 is 14.3 Å². The molecule has 0 aliphatic heterocycles. The summed E-state index contributed by atoms with van der Waals surface area (Å²) in [5.74, 6) is -0.717. The van der Waals surface area contributed by atoms with E-state index in [1.165, 1.54) is 19.2 Å². The van der Waals surface area contributed by atoms with Gasteiger partial charge in [0.1, 0.15) is 5.75 Å². The van der Waals surface area contributed by atoms with Crippen LogP contribution < -0.4 is 4.74 Å². The SMILES string of the molecule is COc1ccc(C(=O)C(Cl)(Cl)C(=O)c2ccccc2)cc1. The summed E-state index contributed by atoms with van der Waals surface area (Å²) in [5, 5.41) is 0. The molecule has 0 aliphatic carbocycles. The standard InChI is InChI=1S/C16H12Cl2O3/c1-21-13-9-7-12(8-10-13)15(20)16(17,18)14(19)11-5-3-2-4-6-11/h2-10H,1H3. The predicted molar refractivity (Wildman–Crippen MR) is 82.5 cm³/mol. The Labute approximate surface area is 132 Å². The average molecular weight is 323 g/mol. The highest BCUT2D eigenvalue weighted by Gasteiger charge is 2.42. The van der Waals surface area contributed by atoms with Gasteiger partial charge in [-0.2, -0.15) is 0 Å². The molecule has 2 rings (SSSR count). The molecule has 0 amide bonds. The Kier molecular flexibility index (Phi) is 4.66. The molecule has 0 unspecified atom stereocenters. The second kappa shape index (κ2) is 6.29. The van der Waals surface area contributed by atoms with Crippen LogP contribution in [-0.2, 0) is 0 Å². The molecule has 0 saturated heterocycles. The first-order chi connectivity index (χ1) is 9.96. The van der Waals surface area contributed by atoms with Gasteiger partial charge in [0, 0.05) is 11.1 Å². The third-order valence-corrected chi connectivity index (χ3v) is 3.65. The fourth-order valence-corrected chi connectivity index (χ4v) is 2.23. The van der Waals surface area contributed by atoms with Crippen LogP contribution in [0.1, 0.15) is 20.7 Å². The first kappa shape index (κ1) is 15.5. The van der Waals surface area contributed by atoms with Crippen molar-refractivity contribution in [3.63, 3.8) is 0 Å². The van der Waals surface area contributed by atoms with Crippen molar-refractivity contribution in [2.45, 2.75) is 4.33 Å². The van der Waals surface area contributed by atoms with Crippen molar-refractivity contribution in [1.29, 1.82) is 0 Å². The van der Waals surface area contributed by atoms with Gasteiger partial charge in [-0.15, -0.1) is 0 Å². The second-order valence-electron chi connectivity index (χ2n) is 4.33. The van der Waals surface area contributed by atoms with Gasteiger partial charge in [-0.3, -0.25) is 9.59 Å². The van der Waals surface area contributed by atoms with Crippen LogP contribution in [-0.4, -0.2) is 23.0 Å². The molecule has 0 fully saturated rings. The number of ether oxygens (including phenoxy) is 1. The molecule has 0 aromatic heterocycles.